The number of anilines is 1. The zero-order valence-electron chi connectivity index (χ0n) is 13.1. The molecule has 0 amide bonds. The molecule has 122 valence electrons. The molecule has 0 fully saturated rings. The van der Waals surface area contributed by atoms with E-state index in [4.69, 9.17) is 23.8 Å². The van der Waals surface area contributed by atoms with E-state index in [2.05, 4.69) is 36.9 Å². The SMILES string of the molecule is C[NH+](C)[C@H](CNC(=S)Nc1ccc(F)c(Cl)c1)c1ccccc1. The Balaban J connectivity index is 1.95. The van der Waals surface area contributed by atoms with Gasteiger partial charge in [-0.1, -0.05) is 41.9 Å². The van der Waals surface area contributed by atoms with E-state index < -0.39 is 5.82 Å². The van der Waals surface area contributed by atoms with Crippen molar-refractivity contribution in [3.8, 4) is 0 Å². The third-order valence-electron chi connectivity index (χ3n) is 3.54. The Morgan fingerprint density at radius 3 is 2.52 bits per heavy atom. The lowest BCUT2D eigenvalue weighted by atomic mass is 10.1. The zero-order chi connectivity index (χ0) is 16.8. The second kappa shape index (κ2) is 8.24. The first-order valence-corrected chi connectivity index (χ1v) is 8.11. The minimum atomic E-state index is -0.448. The predicted octanol–water partition coefficient (Wildman–Crippen LogP) is 2.65. The first kappa shape index (κ1) is 17.7. The molecule has 0 saturated carbocycles. The van der Waals surface area contributed by atoms with Gasteiger partial charge in [0.1, 0.15) is 11.9 Å². The van der Waals surface area contributed by atoms with E-state index in [0.29, 0.717) is 17.3 Å². The number of quaternary nitrogens is 1. The Labute approximate surface area is 146 Å². The monoisotopic (exact) mass is 352 g/mol. The Kier molecular flexibility index (Phi) is 6.33. The van der Waals surface area contributed by atoms with Crippen LogP contribution in [-0.4, -0.2) is 25.8 Å². The minimum absolute atomic E-state index is 0.0673. The normalized spacial score (nSPS) is 12.0. The summed E-state index contributed by atoms with van der Waals surface area (Å²) in [5.41, 5.74) is 1.90. The molecule has 0 aliphatic heterocycles. The first-order valence-electron chi connectivity index (χ1n) is 7.32. The van der Waals surface area contributed by atoms with Crippen LogP contribution >= 0.6 is 23.8 Å². The lowest BCUT2D eigenvalue weighted by Crippen LogP contribution is -3.07. The molecule has 0 heterocycles. The molecule has 6 heteroatoms. The molecule has 3 N–H and O–H groups in total. The molecule has 1 atom stereocenters. The lowest BCUT2D eigenvalue weighted by molar-refractivity contribution is -0.890. The first-order chi connectivity index (χ1) is 11.0. The third-order valence-corrected chi connectivity index (χ3v) is 4.08. The summed E-state index contributed by atoms with van der Waals surface area (Å²) in [6, 6.07) is 15.0. The van der Waals surface area contributed by atoms with Gasteiger partial charge in [-0.3, -0.25) is 0 Å². The van der Waals surface area contributed by atoms with Gasteiger partial charge in [-0.05, 0) is 30.4 Å². The van der Waals surface area contributed by atoms with E-state index >= 15 is 0 Å². The average Bonchev–Trinajstić information content (AvgIpc) is 2.52. The van der Waals surface area contributed by atoms with Crippen molar-refractivity contribution in [2.45, 2.75) is 6.04 Å². The van der Waals surface area contributed by atoms with Crippen molar-refractivity contribution < 1.29 is 9.29 Å². The predicted molar refractivity (Wildman–Crippen MR) is 97.6 cm³/mol. The molecule has 2 aromatic carbocycles. The smallest absolute Gasteiger partial charge is 0.171 e. The van der Waals surface area contributed by atoms with Crippen molar-refractivity contribution >= 4 is 34.6 Å². The van der Waals surface area contributed by atoms with Crippen LogP contribution in [0.3, 0.4) is 0 Å². The lowest BCUT2D eigenvalue weighted by Gasteiger charge is -2.23. The Hall–Kier alpha value is -1.69. The number of hydrogen-bond acceptors (Lipinski definition) is 1. The number of hydrogen-bond donors (Lipinski definition) is 3. The van der Waals surface area contributed by atoms with Crippen LogP contribution in [-0.2, 0) is 0 Å². The summed E-state index contributed by atoms with van der Waals surface area (Å²) in [6.45, 7) is 0.688. The summed E-state index contributed by atoms with van der Waals surface area (Å²) >= 11 is 11.1. The van der Waals surface area contributed by atoms with Crippen LogP contribution in [0.15, 0.2) is 48.5 Å². The van der Waals surface area contributed by atoms with Crippen LogP contribution in [0.2, 0.25) is 5.02 Å². The molecular formula is C17H20ClFN3S+. The van der Waals surface area contributed by atoms with E-state index in [1.165, 1.54) is 22.6 Å². The second-order valence-electron chi connectivity index (χ2n) is 5.50. The van der Waals surface area contributed by atoms with Gasteiger partial charge in [-0.15, -0.1) is 0 Å². The standard InChI is InChI=1S/C17H19ClFN3S/c1-22(2)16(12-6-4-3-5-7-12)11-20-17(23)21-13-8-9-15(19)14(18)10-13/h3-10,16H,11H2,1-2H3,(H2,20,21,23)/p+1/t16-/m1/s1. The summed E-state index contributed by atoms with van der Waals surface area (Å²) in [5.74, 6) is -0.448. The molecule has 2 rings (SSSR count). The maximum atomic E-state index is 13.2. The molecule has 0 spiro atoms. The number of halogens is 2. The summed E-state index contributed by atoms with van der Waals surface area (Å²) in [7, 11) is 4.21. The van der Waals surface area contributed by atoms with E-state index in [1.54, 1.807) is 6.07 Å². The van der Waals surface area contributed by atoms with Gasteiger partial charge < -0.3 is 15.5 Å². The Bertz CT molecular complexity index is 664. The fourth-order valence-corrected chi connectivity index (χ4v) is 2.67. The molecule has 0 radical (unpaired) electrons. The highest BCUT2D eigenvalue weighted by atomic mass is 35.5. The summed E-state index contributed by atoms with van der Waals surface area (Å²) in [5, 5.41) is 6.77. The molecule has 0 unspecified atom stereocenters. The van der Waals surface area contributed by atoms with Crippen LogP contribution in [0.4, 0.5) is 10.1 Å². The van der Waals surface area contributed by atoms with Gasteiger partial charge in [-0.25, -0.2) is 4.39 Å². The maximum Gasteiger partial charge on any atom is 0.171 e. The summed E-state index contributed by atoms with van der Waals surface area (Å²) in [6.07, 6.45) is 0. The van der Waals surface area contributed by atoms with Crippen LogP contribution < -0.4 is 15.5 Å². The highest BCUT2D eigenvalue weighted by Gasteiger charge is 2.17. The average molecular weight is 353 g/mol. The van der Waals surface area contributed by atoms with Gasteiger partial charge in [0.2, 0.25) is 0 Å². The fraction of sp³-hybridized carbons (Fsp3) is 0.235. The van der Waals surface area contributed by atoms with Gasteiger partial charge in [0, 0.05) is 11.3 Å². The van der Waals surface area contributed by atoms with Crippen molar-refractivity contribution in [2.75, 3.05) is 26.0 Å². The van der Waals surface area contributed by atoms with Crippen LogP contribution in [0.1, 0.15) is 11.6 Å². The number of benzene rings is 2. The van der Waals surface area contributed by atoms with E-state index in [-0.39, 0.29) is 11.1 Å². The topological polar surface area (TPSA) is 28.5 Å². The van der Waals surface area contributed by atoms with Crippen molar-refractivity contribution in [2.24, 2.45) is 0 Å². The fourth-order valence-electron chi connectivity index (χ4n) is 2.28. The maximum absolute atomic E-state index is 13.2. The van der Waals surface area contributed by atoms with E-state index in [1.807, 2.05) is 18.2 Å². The van der Waals surface area contributed by atoms with E-state index in [9.17, 15) is 4.39 Å². The largest absolute Gasteiger partial charge is 0.356 e. The Morgan fingerprint density at radius 1 is 1.22 bits per heavy atom. The molecule has 0 aliphatic carbocycles. The van der Waals surface area contributed by atoms with Crippen molar-refractivity contribution in [1.82, 2.24) is 5.32 Å². The molecule has 0 aromatic heterocycles. The minimum Gasteiger partial charge on any atom is -0.356 e. The van der Waals surface area contributed by atoms with Gasteiger partial charge in [-0.2, -0.15) is 0 Å². The molecule has 0 aliphatic rings. The highest BCUT2D eigenvalue weighted by molar-refractivity contribution is 7.80. The van der Waals surface area contributed by atoms with Crippen LogP contribution in [0.5, 0.6) is 0 Å². The van der Waals surface area contributed by atoms with Gasteiger partial charge in [0.15, 0.2) is 5.11 Å². The summed E-state index contributed by atoms with van der Waals surface area (Å²) < 4.78 is 13.2. The van der Waals surface area contributed by atoms with E-state index in [0.717, 1.165) is 0 Å². The second-order valence-corrected chi connectivity index (χ2v) is 6.32. The third kappa shape index (κ3) is 5.16. The Morgan fingerprint density at radius 2 is 1.91 bits per heavy atom. The van der Waals surface area contributed by atoms with Crippen molar-refractivity contribution in [1.29, 1.82) is 0 Å². The molecule has 0 saturated heterocycles. The van der Waals surface area contributed by atoms with Crippen LogP contribution in [0.25, 0.3) is 0 Å². The van der Waals surface area contributed by atoms with Gasteiger partial charge >= 0.3 is 0 Å². The molecule has 0 bridgehead atoms. The molecule has 3 nitrogen and oxygen atoms in total. The van der Waals surface area contributed by atoms with Gasteiger partial charge in [0.25, 0.3) is 0 Å². The number of thiocarbonyl (C=S) groups is 1. The van der Waals surface area contributed by atoms with Crippen molar-refractivity contribution in [3.05, 3.63) is 64.9 Å². The molecule has 2 aromatic rings. The number of likely N-dealkylation sites (N-methyl/N-ethyl adjacent to an activating group) is 1. The quantitative estimate of drug-likeness (QED) is 0.722. The van der Waals surface area contributed by atoms with Crippen molar-refractivity contribution in [3.63, 3.8) is 0 Å². The van der Waals surface area contributed by atoms with Gasteiger partial charge in [0.05, 0.1) is 25.7 Å². The summed E-state index contributed by atoms with van der Waals surface area (Å²) in [4.78, 5) is 1.30. The number of nitrogens with one attached hydrogen (secondary N) is 3. The van der Waals surface area contributed by atoms with Crippen LogP contribution in [0, 0.1) is 5.82 Å². The number of rotatable bonds is 5. The molecular weight excluding hydrogens is 333 g/mol. The zero-order valence-corrected chi connectivity index (χ0v) is 14.6. The highest BCUT2D eigenvalue weighted by Crippen LogP contribution is 2.19. The molecule has 23 heavy (non-hydrogen) atoms.